The highest BCUT2D eigenvalue weighted by atomic mass is 28.4. The molecule has 37 heavy (non-hydrogen) atoms. The molecule has 0 spiro atoms. The fraction of sp³-hybridized carbons (Fsp3) is 0.765. The second kappa shape index (κ2) is 15.8. The van der Waals surface area contributed by atoms with Gasteiger partial charge >= 0.3 is 0 Å². The Morgan fingerprint density at radius 3 is 1.49 bits per heavy atom. The zero-order valence-corrected chi connectivity index (χ0v) is 27.5. The van der Waals surface area contributed by atoms with Crippen LogP contribution in [0, 0.1) is 0 Å². The molecule has 4 rings (SSSR count). The van der Waals surface area contributed by atoms with Gasteiger partial charge in [0.1, 0.15) is 0 Å². The zero-order chi connectivity index (χ0) is 26.6. The van der Waals surface area contributed by atoms with E-state index in [0.29, 0.717) is 0 Å². The van der Waals surface area contributed by atoms with E-state index in [1.807, 2.05) is 0 Å². The van der Waals surface area contributed by atoms with Gasteiger partial charge in [-0.25, -0.2) is 0 Å². The summed E-state index contributed by atoms with van der Waals surface area (Å²) in [4.78, 5) is 0. The van der Waals surface area contributed by atoms with Crippen molar-refractivity contribution in [3.8, 4) is 0 Å². The van der Waals surface area contributed by atoms with Crippen molar-refractivity contribution in [2.45, 2.75) is 168 Å². The second-order valence-electron chi connectivity index (χ2n) is 13.3. The SMILES string of the molecule is C1=C(C2=CCCCCC2)CCCCC1.CC[Si](C)(O[Si](C)(C)C)C1=C(C2=CCCCCC2)CCCCC1. The lowest BCUT2D eigenvalue weighted by molar-refractivity contribution is 0.547. The number of hydrogen-bond donors (Lipinski definition) is 0. The van der Waals surface area contributed by atoms with Gasteiger partial charge in [-0.2, -0.15) is 0 Å². The highest BCUT2D eigenvalue weighted by molar-refractivity contribution is 6.89. The molecule has 0 aliphatic heterocycles. The molecule has 0 radical (unpaired) electrons. The van der Waals surface area contributed by atoms with Crippen LogP contribution in [-0.2, 0) is 4.12 Å². The lowest BCUT2D eigenvalue weighted by Crippen LogP contribution is -2.46. The largest absolute Gasteiger partial charge is 0.452 e. The van der Waals surface area contributed by atoms with Crippen LogP contribution in [0.1, 0.15) is 135 Å². The first-order valence-electron chi connectivity index (χ1n) is 16.3. The van der Waals surface area contributed by atoms with Crippen LogP contribution in [0.15, 0.2) is 45.7 Å². The van der Waals surface area contributed by atoms with Gasteiger partial charge in [-0.1, -0.05) is 56.0 Å². The van der Waals surface area contributed by atoms with Gasteiger partial charge in [-0.05, 0) is 157 Å². The van der Waals surface area contributed by atoms with Crippen LogP contribution in [0.25, 0.3) is 0 Å². The van der Waals surface area contributed by atoms with E-state index in [0.717, 1.165) is 0 Å². The summed E-state index contributed by atoms with van der Waals surface area (Å²) in [7, 11) is -3.25. The summed E-state index contributed by atoms with van der Waals surface area (Å²) in [6, 6.07) is 1.24. The normalized spacial score (nSPS) is 24.1. The first-order chi connectivity index (χ1) is 17.8. The number of rotatable bonds is 6. The standard InChI is InChI=1S/C20H38OSi2.C14H22/c1-6-23(5,21-22(2,3)4)20-17-13-9-12-16-19(20)18-14-10-7-8-11-15-18;1-2-6-10-13(9-5-1)14-11-7-3-4-8-12-14/h14H,6-13,15-17H2,1-5H3;9,11H,1-8,10,12H2. The first kappa shape index (κ1) is 30.9. The highest BCUT2D eigenvalue weighted by Crippen LogP contribution is 2.40. The third-order valence-corrected chi connectivity index (χ3v) is 16.4. The third-order valence-electron chi connectivity index (χ3n) is 8.99. The maximum absolute atomic E-state index is 6.91. The predicted molar refractivity (Wildman–Crippen MR) is 170 cm³/mol. The Labute approximate surface area is 233 Å². The van der Waals surface area contributed by atoms with Crippen molar-refractivity contribution >= 4 is 16.6 Å². The van der Waals surface area contributed by atoms with E-state index < -0.39 is 16.6 Å². The fourth-order valence-corrected chi connectivity index (χ4v) is 15.5. The molecule has 210 valence electrons. The van der Waals surface area contributed by atoms with E-state index in [2.05, 4.69) is 51.3 Å². The van der Waals surface area contributed by atoms with E-state index >= 15 is 0 Å². The molecule has 0 amide bonds. The highest BCUT2D eigenvalue weighted by Gasteiger charge is 2.38. The molecule has 0 aromatic rings. The Morgan fingerprint density at radius 1 is 0.541 bits per heavy atom. The van der Waals surface area contributed by atoms with Gasteiger partial charge in [-0.15, -0.1) is 0 Å². The molecule has 4 aliphatic carbocycles. The van der Waals surface area contributed by atoms with Gasteiger partial charge in [0.25, 0.3) is 0 Å². The van der Waals surface area contributed by atoms with Crippen LogP contribution >= 0.6 is 0 Å². The molecule has 1 nitrogen and oxygen atoms in total. The maximum Gasteiger partial charge on any atom is 0.205 e. The molecule has 0 saturated carbocycles. The van der Waals surface area contributed by atoms with Crippen LogP contribution in [0.3, 0.4) is 0 Å². The minimum Gasteiger partial charge on any atom is -0.452 e. The summed E-state index contributed by atoms with van der Waals surface area (Å²) in [5.41, 5.74) is 6.87. The average molecular weight is 541 g/mol. The van der Waals surface area contributed by atoms with Gasteiger partial charge in [-0.3, -0.25) is 0 Å². The van der Waals surface area contributed by atoms with E-state index in [-0.39, 0.29) is 0 Å². The van der Waals surface area contributed by atoms with E-state index in [1.54, 1.807) is 27.5 Å². The van der Waals surface area contributed by atoms with Crippen LogP contribution in [-0.4, -0.2) is 16.6 Å². The second-order valence-corrected chi connectivity index (χ2v) is 22.1. The van der Waals surface area contributed by atoms with Crippen molar-refractivity contribution in [3.63, 3.8) is 0 Å². The summed E-state index contributed by atoms with van der Waals surface area (Å²) < 4.78 is 6.91. The molecule has 0 bridgehead atoms. The molecule has 0 fully saturated rings. The summed E-state index contributed by atoms with van der Waals surface area (Å²) in [6.07, 6.45) is 35.1. The monoisotopic (exact) mass is 540 g/mol. The Kier molecular flexibility index (Phi) is 13.2. The minimum atomic E-state index is -1.75. The predicted octanol–water partition coefficient (Wildman–Crippen LogP) is 11.9. The Bertz CT molecular complexity index is 799. The first-order valence-corrected chi connectivity index (χ1v) is 22.4. The molecule has 0 aromatic carbocycles. The van der Waals surface area contributed by atoms with Gasteiger partial charge in [0, 0.05) is 0 Å². The van der Waals surface area contributed by atoms with Crippen molar-refractivity contribution < 1.29 is 4.12 Å². The van der Waals surface area contributed by atoms with E-state index in [4.69, 9.17) is 4.12 Å². The molecular formula is C34H60OSi2. The summed E-state index contributed by atoms with van der Waals surface area (Å²) in [5.74, 6) is 0. The number of hydrogen-bond acceptors (Lipinski definition) is 1. The molecule has 0 aromatic heterocycles. The number of allylic oxidation sites excluding steroid dienone is 8. The van der Waals surface area contributed by atoms with Crippen LogP contribution in [0.4, 0.5) is 0 Å². The molecule has 0 heterocycles. The topological polar surface area (TPSA) is 9.23 Å². The van der Waals surface area contributed by atoms with Gasteiger partial charge in [0.2, 0.25) is 8.32 Å². The quantitative estimate of drug-likeness (QED) is 0.304. The maximum atomic E-state index is 6.91. The fourth-order valence-electron chi connectivity index (χ4n) is 6.95. The van der Waals surface area contributed by atoms with Gasteiger partial charge in [0.15, 0.2) is 8.32 Å². The molecule has 0 N–H and O–H groups in total. The minimum absolute atomic E-state index is 1.24. The summed E-state index contributed by atoms with van der Waals surface area (Å²) in [6.45, 7) is 12.0. The molecule has 3 heteroatoms. The molecule has 0 saturated heterocycles. The lowest BCUT2D eigenvalue weighted by Gasteiger charge is -2.37. The molecule has 4 aliphatic rings. The summed E-state index contributed by atoms with van der Waals surface area (Å²) in [5, 5.41) is 1.80. The molecular weight excluding hydrogens is 481 g/mol. The van der Waals surface area contributed by atoms with Gasteiger partial charge in [0.05, 0.1) is 0 Å². The third kappa shape index (κ3) is 10.4. The smallest absolute Gasteiger partial charge is 0.205 e. The lowest BCUT2D eigenvalue weighted by atomic mass is 9.97. The van der Waals surface area contributed by atoms with Crippen molar-refractivity contribution in [3.05, 3.63) is 45.7 Å². The van der Waals surface area contributed by atoms with Crippen molar-refractivity contribution in [1.29, 1.82) is 0 Å². The van der Waals surface area contributed by atoms with E-state index in [9.17, 15) is 0 Å². The Hall–Kier alpha value is -0.646. The Morgan fingerprint density at radius 2 is 0.973 bits per heavy atom. The van der Waals surface area contributed by atoms with Crippen LogP contribution in [0.5, 0.6) is 0 Å². The van der Waals surface area contributed by atoms with Crippen molar-refractivity contribution in [1.82, 2.24) is 0 Å². The van der Waals surface area contributed by atoms with Crippen molar-refractivity contribution in [2.75, 3.05) is 0 Å². The van der Waals surface area contributed by atoms with Crippen molar-refractivity contribution in [2.24, 2.45) is 0 Å². The molecule has 1 unspecified atom stereocenters. The van der Waals surface area contributed by atoms with Crippen LogP contribution in [0.2, 0.25) is 32.2 Å². The average Bonchev–Trinajstić information content (AvgIpc) is 3.46. The van der Waals surface area contributed by atoms with Crippen LogP contribution < -0.4 is 0 Å². The molecule has 1 atom stereocenters. The van der Waals surface area contributed by atoms with E-state index in [1.165, 1.54) is 134 Å². The Balaban J connectivity index is 0.000000231. The van der Waals surface area contributed by atoms with Gasteiger partial charge < -0.3 is 4.12 Å². The zero-order valence-electron chi connectivity index (χ0n) is 25.5. The summed E-state index contributed by atoms with van der Waals surface area (Å²) >= 11 is 0.